The van der Waals surface area contributed by atoms with Gasteiger partial charge in [0.15, 0.2) is 0 Å². The summed E-state index contributed by atoms with van der Waals surface area (Å²) in [6.07, 6.45) is 1.15. The number of benzene rings is 1. The van der Waals surface area contributed by atoms with Gasteiger partial charge in [-0.05, 0) is 32.1 Å². The van der Waals surface area contributed by atoms with E-state index in [1.807, 2.05) is 18.2 Å². The van der Waals surface area contributed by atoms with Gasteiger partial charge < -0.3 is 15.5 Å². The molecule has 88 valence electrons. The number of nitrogens with two attached hydrogens (primary N) is 1. The van der Waals surface area contributed by atoms with Gasteiger partial charge in [0.25, 0.3) is 0 Å². The maximum Gasteiger partial charge on any atom is 0.0789 e. The van der Waals surface area contributed by atoms with E-state index in [4.69, 9.17) is 17.3 Å². The van der Waals surface area contributed by atoms with Crippen LogP contribution in [0.4, 0.5) is 11.4 Å². The molecule has 0 spiro atoms. The minimum atomic E-state index is 0.754. The Balaban J connectivity index is 2.23. The Morgan fingerprint density at radius 2 is 2.00 bits per heavy atom. The van der Waals surface area contributed by atoms with Crippen LogP contribution in [0.25, 0.3) is 0 Å². The van der Waals surface area contributed by atoms with Crippen LogP contribution in [0.2, 0.25) is 5.02 Å². The van der Waals surface area contributed by atoms with Crippen molar-refractivity contribution in [3.8, 4) is 0 Å². The lowest BCUT2D eigenvalue weighted by Gasteiger charge is -2.25. The van der Waals surface area contributed by atoms with E-state index in [0.717, 1.165) is 49.0 Å². The largest absolute Gasteiger partial charge is 0.397 e. The highest BCUT2D eigenvalue weighted by molar-refractivity contribution is 6.34. The van der Waals surface area contributed by atoms with Crippen LogP contribution in [0.1, 0.15) is 6.42 Å². The number of anilines is 2. The van der Waals surface area contributed by atoms with Gasteiger partial charge in [-0.1, -0.05) is 17.7 Å². The SMILES string of the molecule is CN1CCCN(c2c(N)cccc2Cl)CC1. The average molecular weight is 240 g/mol. The molecule has 4 heteroatoms. The number of hydrogen-bond acceptors (Lipinski definition) is 3. The molecule has 0 aromatic heterocycles. The standard InChI is InChI=1S/C12H18ClN3/c1-15-6-3-7-16(9-8-15)12-10(13)4-2-5-11(12)14/h2,4-5H,3,6-9,14H2,1H3. The molecular weight excluding hydrogens is 222 g/mol. The lowest BCUT2D eigenvalue weighted by molar-refractivity contribution is 0.360. The Morgan fingerprint density at radius 3 is 2.75 bits per heavy atom. The zero-order chi connectivity index (χ0) is 11.5. The number of rotatable bonds is 1. The van der Waals surface area contributed by atoms with Gasteiger partial charge in [0, 0.05) is 19.6 Å². The van der Waals surface area contributed by atoms with Crippen molar-refractivity contribution in [1.82, 2.24) is 4.90 Å². The number of para-hydroxylation sites is 1. The molecule has 1 aromatic carbocycles. The Hall–Kier alpha value is -0.930. The first-order chi connectivity index (χ1) is 7.68. The Kier molecular flexibility index (Phi) is 3.56. The third-order valence-electron chi connectivity index (χ3n) is 3.05. The van der Waals surface area contributed by atoms with E-state index in [2.05, 4.69) is 16.8 Å². The highest BCUT2D eigenvalue weighted by Gasteiger charge is 2.16. The van der Waals surface area contributed by atoms with Gasteiger partial charge in [-0.25, -0.2) is 0 Å². The van der Waals surface area contributed by atoms with Crippen molar-refractivity contribution in [2.24, 2.45) is 0 Å². The second-order valence-electron chi connectivity index (χ2n) is 4.32. The van der Waals surface area contributed by atoms with Crippen molar-refractivity contribution < 1.29 is 0 Å². The van der Waals surface area contributed by atoms with Crippen molar-refractivity contribution in [3.05, 3.63) is 23.2 Å². The maximum atomic E-state index is 6.22. The second-order valence-corrected chi connectivity index (χ2v) is 4.73. The number of likely N-dealkylation sites (N-methyl/N-ethyl adjacent to an activating group) is 1. The van der Waals surface area contributed by atoms with Gasteiger partial charge >= 0.3 is 0 Å². The lowest BCUT2D eigenvalue weighted by atomic mass is 10.2. The lowest BCUT2D eigenvalue weighted by Crippen LogP contribution is -2.29. The van der Waals surface area contributed by atoms with Gasteiger partial charge in [-0.3, -0.25) is 0 Å². The smallest absolute Gasteiger partial charge is 0.0789 e. The van der Waals surface area contributed by atoms with Crippen molar-refractivity contribution >= 4 is 23.0 Å². The molecule has 1 aliphatic rings. The van der Waals surface area contributed by atoms with E-state index in [1.165, 1.54) is 0 Å². The molecule has 0 saturated carbocycles. The van der Waals surface area contributed by atoms with E-state index in [1.54, 1.807) is 0 Å². The van der Waals surface area contributed by atoms with Crippen molar-refractivity contribution in [2.45, 2.75) is 6.42 Å². The molecule has 0 atom stereocenters. The molecule has 0 radical (unpaired) electrons. The highest BCUT2D eigenvalue weighted by atomic mass is 35.5. The zero-order valence-electron chi connectivity index (χ0n) is 9.62. The van der Waals surface area contributed by atoms with Crippen molar-refractivity contribution in [2.75, 3.05) is 43.9 Å². The first-order valence-corrected chi connectivity index (χ1v) is 6.04. The van der Waals surface area contributed by atoms with Gasteiger partial charge in [0.2, 0.25) is 0 Å². The zero-order valence-corrected chi connectivity index (χ0v) is 10.4. The Bertz CT molecular complexity index is 347. The van der Waals surface area contributed by atoms with Gasteiger partial charge in [-0.2, -0.15) is 0 Å². The fourth-order valence-electron chi connectivity index (χ4n) is 2.14. The molecule has 1 aromatic rings. The topological polar surface area (TPSA) is 32.5 Å². The summed E-state index contributed by atoms with van der Waals surface area (Å²) >= 11 is 6.22. The average Bonchev–Trinajstić information content (AvgIpc) is 2.44. The molecule has 1 fully saturated rings. The second kappa shape index (κ2) is 4.93. The molecule has 0 bridgehead atoms. The molecular formula is C12H18ClN3. The quantitative estimate of drug-likeness (QED) is 0.762. The summed E-state index contributed by atoms with van der Waals surface area (Å²) < 4.78 is 0. The molecule has 16 heavy (non-hydrogen) atoms. The fraction of sp³-hybridized carbons (Fsp3) is 0.500. The fourth-order valence-corrected chi connectivity index (χ4v) is 2.44. The molecule has 2 rings (SSSR count). The van der Waals surface area contributed by atoms with E-state index < -0.39 is 0 Å². The summed E-state index contributed by atoms with van der Waals surface area (Å²) in [5, 5.41) is 0.754. The molecule has 0 amide bonds. The summed E-state index contributed by atoms with van der Waals surface area (Å²) in [4.78, 5) is 4.63. The van der Waals surface area contributed by atoms with Crippen molar-refractivity contribution in [1.29, 1.82) is 0 Å². The van der Waals surface area contributed by atoms with E-state index in [9.17, 15) is 0 Å². The summed E-state index contributed by atoms with van der Waals surface area (Å²) in [6.45, 7) is 4.22. The minimum Gasteiger partial charge on any atom is -0.397 e. The third kappa shape index (κ3) is 2.42. The summed E-state index contributed by atoms with van der Waals surface area (Å²) in [7, 11) is 2.15. The van der Waals surface area contributed by atoms with Crippen LogP contribution >= 0.6 is 11.6 Å². The van der Waals surface area contributed by atoms with E-state index in [0.29, 0.717) is 0 Å². The number of halogens is 1. The summed E-state index contributed by atoms with van der Waals surface area (Å²) in [6, 6.07) is 5.71. The predicted molar refractivity (Wildman–Crippen MR) is 70.2 cm³/mol. The summed E-state index contributed by atoms with van der Waals surface area (Å²) in [5.41, 5.74) is 7.77. The Labute approximate surface area is 102 Å². The van der Waals surface area contributed by atoms with E-state index in [-0.39, 0.29) is 0 Å². The van der Waals surface area contributed by atoms with Crippen LogP contribution in [0.15, 0.2) is 18.2 Å². The van der Waals surface area contributed by atoms with E-state index >= 15 is 0 Å². The van der Waals surface area contributed by atoms with Crippen LogP contribution in [-0.2, 0) is 0 Å². The molecule has 2 N–H and O–H groups in total. The number of hydrogen-bond donors (Lipinski definition) is 1. The third-order valence-corrected chi connectivity index (χ3v) is 3.36. The van der Waals surface area contributed by atoms with Crippen LogP contribution in [-0.4, -0.2) is 38.1 Å². The minimum absolute atomic E-state index is 0.754. The van der Waals surface area contributed by atoms with Crippen LogP contribution < -0.4 is 10.6 Å². The molecule has 1 aliphatic heterocycles. The van der Waals surface area contributed by atoms with Gasteiger partial charge in [-0.15, -0.1) is 0 Å². The molecule has 1 heterocycles. The van der Waals surface area contributed by atoms with Gasteiger partial charge in [0.05, 0.1) is 16.4 Å². The van der Waals surface area contributed by atoms with Crippen LogP contribution in [0.5, 0.6) is 0 Å². The number of nitrogens with zero attached hydrogens (tertiary/aromatic N) is 2. The summed E-state index contributed by atoms with van der Waals surface area (Å²) in [5.74, 6) is 0. The molecule has 0 unspecified atom stereocenters. The predicted octanol–water partition coefficient (Wildman–Crippen LogP) is 2.06. The normalized spacial score (nSPS) is 18.5. The highest BCUT2D eigenvalue weighted by Crippen LogP contribution is 2.32. The molecule has 3 nitrogen and oxygen atoms in total. The van der Waals surface area contributed by atoms with Gasteiger partial charge in [0.1, 0.15) is 0 Å². The number of nitrogen functional groups attached to an aromatic ring is 1. The van der Waals surface area contributed by atoms with Crippen LogP contribution in [0.3, 0.4) is 0 Å². The van der Waals surface area contributed by atoms with Crippen molar-refractivity contribution in [3.63, 3.8) is 0 Å². The first kappa shape index (κ1) is 11.6. The Morgan fingerprint density at radius 1 is 1.19 bits per heavy atom. The monoisotopic (exact) mass is 239 g/mol. The first-order valence-electron chi connectivity index (χ1n) is 5.66. The van der Waals surface area contributed by atoms with Crippen LogP contribution in [0, 0.1) is 0 Å². The molecule has 1 saturated heterocycles. The maximum absolute atomic E-state index is 6.22. The molecule has 0 aliphatic carbocycles.